The van der Waals surface area contributed by atoms with Crippen LogP contribution in [0.25, 0.3) is 22.0 Å². The third-order valence-corrected chi connectivity index (χ3v) is 5.37. The van der Waals surface area contributed by atoms with Crippen molar-refractivity contribution in [3.63, 3.8) is 0 Å². The Morgan fingerprint density at radius 1 is 1.07 bits per heavy atom. The van der Waals surface area contributed by atoms with E-state index in [1.165, 1.54) is 0 Å². The Hall–Kier alpha value is -2.84. The van der Waals surface area contributed by atoms with E-state index in [4.69, 9.17) is 9.26 Å². The van der Waals surface area contributed by atoms with E-state index in [1.54, 1.807) is 22.7 Å². The van der Waals surface area contributed by atoms with Gasteiger partial charge in [0.25, 0.3) is 0 Å². The maximum atomic E-state index is 12.0. The molecular weight excluding hydrogens is 382 g/mol. The molecule has 0 aliphatic carbocycles. The number of ether oxygens (including phenoxy) is 1. The molecule has 0 atom stereocenters. The Morgan fingerprint density at radius 3 is 2.78 bits per heavy atom. The molecule has 0 bridgehead atoms. The molecular formula is C19H15N3O3S2. The first-order valence-electron chi connectivity index (χ1n) is 8.28. The average molecular weight is 397 g/mol. The Morgan fingerprint density at radius 2 is 1.96 bits per heavy atom. The van der Waals surface area contributed by atoms with E-state index in [2.05, 4.69) is 15.1 Å². The summed E-state index contributed by atoms with van der Waals surface area (Å²) in [6.07, 6.45) is 0.522. The van der Waals surface area contributed by atoms with Gasteiger partial charge in [-0.25, -0.2) is 4.98 Å². The van der Waals surface area contributed by atoms with Gasteiger partial charge in [-0.15, -0.1) is 11.3 Å². The zero-order chi connectivity index (χ0) is 18.5. The zero-order valence-electron chi connectivity index (χ0n) is 14.2. The van der Waals surface area contributed by atoms with Crippen LogP contribution in [0.15, 0.2) is 57.1 Å². The monoisotopic (exact) mass is 397 g/mol. The minimum Gasteiger partial charge on any atom is -0.459 e. The van der Waals surface area contributed by atoms with Crippen molar-refractivity contribution in [1.29, 1.82) is 0 Å². The van der Waals surface area contributed by atoms with Gasteiger partial charge >= 0.3 is 5.97 Å². The van der Waals surface area contributed by atoms with Gasteiger partial charge in [-0.2, -0.15) is 16.3 Å². The van der Waals surface area contributed by atoms with Crippen LogP contribution in [0.5, 0.6) is 0 Å². The SMILES string of the molecule is O=C(CCc1nc(-c2ccccc2)no1)OCc1csc(-c2ccsc2)n1. The van der Waals surface area contributed by atoms with Crippen LogP contribution >= 0.6 is 22.7 Å². The molecule has 0 unspecified atom stereocenters. The highest BCUT2D eigenvalue weighted by Gasteiger charge is 2.12. The number of aryl methyl sites for hydroxylation is 1. The summed E-state index contributed by atoms with van der Waals surface area (Å²) in [6.45, 7) is 0.165. The third-order valence-electron chi connectivity index (χ3n) is 3.74. The Balaban J connectivity index is 1.26. The molecule has 136 valence electrons. The van der Waals surface area contributed by atoms with Gasteiger partial charge in [-0.05, 0) is 11.4 Å². The van der Waals surface area contributed by atoms with Gasteiger partial charge in [0, 0.05) is 28.3 Å². The van der Waals surface area contributed by atoms with Crippen LogP contribution in [0.2, 0.25) is 0 Å². The highest BCUT2D eigenvalue weighted by atomic mass is 32.1. The van der Waals surface area contributed by atoms with E-state index in [0.717, 1.165) is 21.8 Å². The summed E-state index contributed by atoms with van der Waals surface area (Å²) < 4.78 is 10.5. The molecule has 0 aliphatic heterocycles. The summed E-state index contributed by atoms with van der Waals surface area (Å²) in [4.78, 5) is 20.8. The van der Waals surface area contributed by atoms with Crippen LogP contribution in [-0.4, -0.2) is 21.1 Å². The van der Waals surface area contributed by atoms with E-state index >= 15 is 0 Å². The molecule has 0 fully saturated rings. The van der Waals surface area contributed by atoms with Gasteiger partial charge in [0.05, 0.1) is 12.1 Å². The van der Waals surface area contributed by atoms with Crippen molar-refractivity contribution >= 4 is 28.6 Å². The fourth-order valence-corrected chi connectivity index (χ4v) is 3.91. The fraction of sp³-hybridized carbons (Fsp3) is 0.158. The molecule has 0 radical (unpaired) electrons. The van der Waals surface area contributed by atoms with Gasteiger partial charge in [-0.1, -0.05) is 35.5 Å². The molecule has 3 aromatic heterocycles. The Kier molecular flexibility index (Phi) is 5.36. The number of esters is 1. The largest absolute Gasteiger partial charge is 0.459 e. The standard InChI is InChI=1S/C19H15N3O3S2/c23-17(24-10-15-12-27-19(20-15)14-8-9-26-11-14)7-6-16-21-18(22-25-16)13-4-2-1-3-5-13/h1-5,8-9,11-12H,6-7,10H2. The summed E-state index contributed by atoms with van der Waals surface area (Å²) in [7, 11) is 0. The summed E-state index contributed by atoms with van der Waals surface area (Å²) in [6, 6.07) is 11.6. The van der Waals surface area contributed by atoms with Crippen molar-refractivity contribution in [2.45, 2.75) is 19.4 Å². The van der Waals surface area contributed by atoms with E-state index < -0.39 is 0 Å². The molecule has 0 N–H and O–H groups in total. The second kappa shape index (κ2) is 8.24. The summed E-state index contributed by atoms with van der Waals surface area (Å²) >= 11 is 3.17. The summed E-state index contributed by atoms with van der Waals surface area (Å²) in [5.74, 6) is 0.612. The first-order chi connectivity index (χ1) is 13.3. The lowest BCUT2D eigenvalue weighted by atomic mass is 10.2. The number of thiazole rings is 1. The molecule has 1 aromatic carbocycles. The van der Waals surface area contributed by atoms with E-state index in [-0.39, 0.29) is 19.0 Å². The van der Waals surface area contributed by atoms with Gasteiger partial charge in [0.15, 0.2) is 0 Å². The van der Waals surface area contributed by atoms with Crippen molar-refractivity contribution in [2.24, 2.45) is 0 Å². The minimum atomic E-state index is -0.320. The number of benzene rings is 1. The number of carbonyl (C=O) groups is 1. The molecule has 0 amide bonds. The zero-order valence-corrected chi connectivity index (χ0v) is 15.8. The molecule has 8 heteroatoms. The quantitative estimate of drug-likeness (QED) is 0.424. The molecule has 4 rings (SSSR count). The average Bonchev–Trinajstić information content (AvgIpc) is 3.47. The summed E-state index contributed by atoms with van der Waals surface area (Å²) in [5, 5.41) is 10.8. The number of thiophene rings is 1. The summed E-state index contributed by atoms with van der Waals surface area (Å²) in [5.41, 5.74) is 2.71. The Bertz CT molecular complexity index is 1010. The fourth-order valence-electron chi connectivity index (χ4n) is 2.39. The van der Waals surface area contributed by atoms with Gasteiger partial charge < -0.3 is 9.26 Å². The maximum absolute atomic E-state index is 12.0. The third kappa shape index (κ3) is 4.47. The highest BCUT2D eigenvalue weighted by molar-refractivity contribution is 7.14. The normalized spacial score (nSPS) is 10.8. The number of hydrogen-bond acceptors (Lipinski definition) is 8. The number of nitrogens with zero attached hydrogens (tertiary/aromatic N) is 3. The smallest absolute Gasteiger partial charge is 0.306 e. The lowest BCUT2D eigenvalue weighted by Crippen LogP contribution is -2.06. The predicted octanol–water partition coefficient (Wildman–Crippen LogP) is 4.60. The van der Waals surface area contributed by atoms with Gasteiger partial charge in [0.2, 0.25) is 11.7 Å². The number of rotatable bonds is 7. The first kappa shape index (κ1) is 17.6. The van der Waals surface area contributed by atoms with Crippen LogP contribution in [-0.2, 0) is 22.6 Å². The van der Waals surface area contributed by atoms with E-state index in [0.29, 0.717) is 18.1 Å². The van der Waals surface area contributed by atoms with Crippen molar-refractivity contribution in [3.05, 3.63) is 64.1 Å². The highest BCUT2D eigenvalue weighted by Crippen LogP contribution is 2.26. The number of aromatic nitrogens is 3. The second-order valence-electron chi connectivity index (χ2n) is 5.69. The van der Waals surface area contributed by atoms with Crippen molar-refractivity contribution in [3.8, 4) is 22.0 Å². The first-order valence-corrected chi connectivity index (χ1v) is 10.1. The van der Waals surface area contributed by atoms with Crippen LogP contribution in [0.3, 0.4) is 0 Å². The van der Waals surface area contributed by atoms with E-state index in [9.17, 15) is 4.79 Å². The number of hydrogen-bond donors (Lipinski definition) is 0. The van der Waals surface area contributed by atoms with Crippen LogP contribution in [0.4, 0.5) is 0 Å². The molecule has 0 saturated heterocycles. The van der Waals surface area contributed by atoms with Crippen molar-refractivity contribution in [1.82, 2.24) is 15.1 Å². The lowest BCUT2D eigenvalue weighted by Gasteiger charge is -2.01. The lowest BCUT2D eigenvalue weighted by molar-refractivity contribution is -0.145. The van der Waals surface area contributed by atoms with Crippen LogP contribution in [0.1, 0.15) is 18.0 Å². The molecule has 0 aliphatic rings. The molecule has 4 aromatic rings. The van der Waals surface area contributed by atoms with Gasteiger partial charge in [-0.3, -0.25) is 4.79 Å². The molecule has 27 heavy (non-hydrogen) atoms. The van der Waals surface area contributed by atoms with Crippen LogP contribution < -0.4 is 0 Å². The molecule has 0 spiro atoms. The molecule has 0 saturated carbocycles. The maximum Gasteiger partial charge on any atom is 0.306 e. The van der Waals surface area contributed by atoms with E-state index in [1.807, 2.05) is 52.5 Å². The molecule has 3 heterocycles. The van der Waals surface area contributed by atoms with Crippen LogP contribution in [0, 0.1) is 0 Å². The Labute approximate surface area is 163 Å². The molecule has 6 nitrogen and oxygen atoms in total. The topological polar surface area (TPSA) is 78.1 Å². The minimum absolute atomic E-state index is 0.165. The number of carbonyl (C=O) groups excluding carboxylic acids is 1. The second-order valence-corrected chi connectivity index (χ2v) is 7.33. The van der Waals surface area contributed by atoms with Crippen molar-refractivity contribution in [2.75, 3.05) is 0 Å². The van der Waals surface area contributed by atoms with Crippen molar-refractivity contribution < 1.29 is 14.1 Å². The predicted molar refractivity (Wildman–Crippen MR) is 103 cm³/mol. The van der Waals surface area contributed by atoms with Gasteiger partial charge in [0.1, 0.15) is 11.6 Å².